The summed E-state index contributed by atoms with van der Waals surface area (Å²) in [5.41, 5.74) is 0.494. The van der Waals surface area contributed by atoms with Gasteiger partial charge in [-0.3, -0.25) is 4.79 Å². The number of nitrogens with zero attached hydrogens (tertiary/aromatic N) is 1. The molecular formula is C19H14ClFN2O4. The zero-order valence-electron chi connectivity index (χ0n) is 14.2. The first kappa shape index (κ1) is 19.9. The van der Waals surface area contributed by atoms with Gasteiger partial charge in [0.2, 0.25) is 0 Å². The molecule has 8 heteroatoms. The summed E-state index contributed by atoms with van der Waals surface area (Å²) in [5.74, 6) is -1.55. The molecular weight excluding hydrogens is 375 g/mol. The predicted molar refractivity (Wildman–Crippen MR) is 97.6 cm³/mol. The number of nitriles is 1. The van der Waals surface area contributed by atoms with Crippen LogP contribution in [0.5, 0.6) is 5.75 Å². The Morgan fingerprint density at radius 2 is 1.96 bits per heavy atom. The van der Waals surface area contributed by atoms with Crippen molar-refractivity contribution < 1.29 is 23.5 Å². The normalized spacial score (nSPS) is 10.7. The highest BCUT2D eigenvalue weighted by Gasteiger charge is 2.14. The van der Waals surface area contributed by atoms with E-state index >= 15 is 0 Å². The van der Waals surface area contributed by atoms with Gasteiger partial charge in [-0.2, -0.15) is 5.26 Å². The zero-order valence-corrected chi connectivity index (χ0v) is 14.9. The largest absolute Gasteiger partial charge is 0.497 e. The molecule has 0 aliphatic rings. The van der Waals surface area contributed by atoms with Gasteiger partial charge in [-0.05, 0) is 42.0 Å². The predicted octanol–water partition coefficient (Wildman–Crippen LogP) is 3.58. The maximum absolute atomic E-state index is 13.0. The molecule has 0 saturated heterocycles. The lowest BCUT2D eigenvalue weighted by Crippen LogP contribution is -2.21. The molecule has 138 valence electrons. The molecule has 2 aromatic carbocycles. The first-order chi connectivity index (χ1) is 12.9. The van der Waals surface area contributed by atoms with Gasteiger partial charge < -0.3 is 14.8 Å². The standard InChI is InChI=1S/C19H14ClFN2O4/c1-26-15-5-2-12(3-6-15)8-13(10-22)19(25)27-11-18(24)23-17-7-4-14(21)9-16(17)20/h2-9H,11H2,1H3,(H,23,24)/b13-8+. The number of hydrogen-bond acceptors (Lipinski definition) is 5. The van der Waals surface area contributed by atoms with Gasteiger partial charge in [-0.25, -0.2) is 9.18 Å². The maximum Gasteiger partial charge on any atom is 0.349 e. The van der Waals surface area contributed by atoms with Gasteiger partial charge in [-0.1, -0.05) is 23.7 Å². The number of carbonyl (C=O) groups excluding carboxylic acids is 2. The summed E-state index contributed by atoms with van der Waals surface area (Å²) in [4.78, 5) is 23.8. The van der Waals surface area contributed by atoms with Gasteiger partial charge in [0.05, 0.1) is 17.8 Å². The van der Waals surface area contributed by atoms with Crippen LogP contribution in [0, 0.1) is 17.1 Å². The van der Waals surface area contributed by atoms with Crippen LogP contribution in [0.1, 0.15) is 5.56 Å². The number of halogens is 2. The lowest BCUT2D eigenvalue weighted by Gasteiger charge is -2.08. The van der Waals surface area contributed by atoms with Crippen molar-refractivity contribution >= 4 is 35.2 Å². The van der Waals surface area contributed by atoms with E-state index in [0.717, 1.165) is 12.1 Å². The summed E-state index contributed by atoms with van der Waals surface area (Å²) in [7, 11) is 1.52. The molecule has 2 rings (SSSR count). The number of anilines is 1. The van der Waals surface area contributed by atoms with Crippen LogP contribution in [0.15, 0.2) is 48.0 Å². The molecule has 0 fully saturated rings. The second kappa shape index (κ2) is 9.36. The first-order valence-corrected chi connectivity index (χ1v) is 7.98. The number of esters is 1. The molecule has 0 radical (unpaired) electrons. The second-order valence-corrected chi connectivity index (χ2v) is 5.60. The third kappa shape index (κ3) is 5.83. The quantitative estimate of drug-likeness (QED) is 0.464. The monoisotopic (exact) mass is 388 g/mol. The molecule has 0 bridgehead atoms. The summed E-state index contributed by atoms with van der Waals surface area (Å²) >= 11 is 5.80. The van der Waals surface area contributed by atoms with E-state index in [-0.39, 0.29) is 16.3 Å². The third-order valence-corrected chi connectivity index (χ3v) is 3.62. The van der Waals surface area contributed by atoms with Crippen LogP contribution in [-0.4, -0.2) is 25.6 Å². The molecule has 2 aromatic rings. The number of benzene rings is 2. The minimum absolute atomic E-state index is 0.00629. The summed E-state index contributed by atoms with van der Waals surface area (Å²) < 4.78 is 22.8. The number of methoxy groups -OCH3 is 1. The number of amides is 1. The highest BCUT2D eigenvalue weighted by molar-refractivity contribution is 6.33. The number of ether oxygens (including phenoxy) is 2. The van der Waals surface area contributed by atoms with E-state index in [4.69, 9.17) is 26.3 Å². The van der Waals surface area contributed by atoms with Crippen LogP contribution >= 0.6 is 11.6 Å². The second-order valence-electron chi connectivity index (χ2n) is 5.19. The molecule has 6 nitrogen and oxygen atoms in total. The zero-order chi connectivity index (χ0) is 19.8. The fraction of sp³-hybridized carbons (Fsp3) is 0.105. The molecule has 0 atom stereocenters. The Morgan fingerprint density at radius 1 is 1.26 bits per heavy atom. The summed E-state index contributed by atoms with van der Waals surface area (Å²) in [6.45, 7) is -0.631. The summed E-state index contributed by atoms with van der Waals surface area (Å²) in [5, 5.41) is 11.5. The van der Waals surface area contributed by atoms with Crippen LogP contribution in [-0.2, 0) is 14.3 Å². The number of rotatable bonds is 6. The number of carbonyl (C=O) groups is 2. The highest BCUT2D eigenvalue weighted by atomic mass is 35.5. The Labute approximate surface area is 159 Å². The van der Waals surface area contributed by atoms with E-state index in [1.807, 2.05) is 0 Å². The third-order valence-electron chi connectivity index (χ3n) is 3.31. The van der Waals surface area contributed by atoms with E-state index < -0.39 is 24.3 Å². The van der Waals surface area contributed by atoms with Crippen LogP contribution in [0.25, 0.3) is 6.08 Å². The molecule has 0 spiro atoms. The van der Waals surface area contributed by atoms with Crippen LogP contribution in [0.4, 0.5) is 10.1 Å². The van der Waals surface area contributed by atoms with E-state index in [1.54, 1.807) is 30.3 Å². The van der Waals surface area contributed by atoms with Crippen molar-refractivity contribution in [3.8, 4) is 11.8 Å². The number of nitrogens with one attached hydrogen (secondary N) is 1. The van der Waals surface area contributed by atoms with Gasteiger partial charge in [-0.15, -0.1) is 0 Å². The van der Waals surface area contributed by atoms with Gasteiger partial charge in [0.15, 0.2) is 6.61 Å². The molecule has 0 aromatic heterocycles. The van der Waals surface area contributed by atoms with Gasteiger partial charge in [0.1, 0.15) is 23.2 Å². The molecule has 0 unspecified atom stereocenters. The minimum Gasteiger partial charge on any atom is -0.497 e. The molecule has 0 saturated carbocycles. The first-order valence-electron chi connectivity index (χ1n) is 7.61. The van der Waals surface area contributed by atoms with Crippen LogP contribution < -0.4 is 10.1 Å². The van der Waals surface area contributed by atoms with Crippen molar-refractivity contribution in [2.24, 2.45) is 0 Å². The SMILES string of the molecule is COc1ccc(/C=C(\C#N)C(=O)OCC(=O)Nc2ccc(F)cc2Cl)cc1. The molecule has 0 aliphatic carbocycles. The Hall–Kier alpha value is -3.37. The maximum atomic E-state index is 13.0. The van der Waals surface area contributed by atoms with Gasteiger partial charge in [0.25, 0.3) is 5.91 Å². The molecule has 1 amide bonds. The summed E-state index contributed by atoms with van der Waals surface area (Å²) in [6, 6.07) is 11.8. The minimum atomic E-state index is -0.950. The van der Waals surface area contributed by atoms with Crippen molar-refractivity contribution in [2.45, 2.75) is 0 Å². The fourth-order valence-corrected chi connectivity index (χ4v) is 2.20. The average Bonchev–Trinajstić information content (AvgIpc) is 2.67. The smallest absolute Gasteiger partial charge is 0.349 e. The Bertz CT molecular complexity index is 920. The molecule has 0 heterocycles. The highest BCUT2D eigenvalue weighted by Crippen LogP contribution is 2.22. The Morgan fingerprint density at radius 3 is 2.56 bits per heavy atom. The Kier molecular flexibility index (Phi) is 6.92. The van der Waals surface area contributed by atoms with E-state index in [0.29, 0.717) is 11.3 Å². The molecule has 27 heavy (non-hydrogen) atoms. The average molecular weight is 389 g/mol. The van der Waals surface area contributed by atoms with E-state index in [1.165, 1.54) is 19.3 Å². The Balaban J connectivity index is 1.96. The summed E-state index contributed by atoms with van der Waals surface area (Å²) in [6.07, 6.45) is 1.33. The van der Waals surface area contributed by atoms with Crippen molar-refractivity contribution in [1.29, 1.82) is 5.26 Å². The van der Waals surface area contributed by atoms with Crippen molar-refractivity contribution in [3.63, 3.8) is 0 Å². The molecule has 0 aliphatic heterocycles. The topological polar surface area (TPSA) is 88.4 Å². The van der Waals surface area contributed by atoms with Crippen LogP contribution in [0.2, 0.25) is 5.02 Å². The van der Waals surface area contributed by atoms with Crippen molar-refractivity contribution in [2.75, 3.05) is 19.0 Å². The lowest BCUT2D eigenvalue weighted by molar-refractivity contribution is -0.142. The van der Waals surface area contributed by atoms with Gasteiger partial charge >= 0.3 is 5.97 Å². The van der Waals surface area contributed by atoms with E-state index in [2.05, 4.69) is 5.32 Å². The van der Waals surface area contributed by atoms with Crippen molar-refractivity contribution in [3.05, 3.63) is 64.4 Å². The van der Waals surface area contributed by atoms with Gasteiger partial charge in [0, 0.05) is 0 Å². The fourth-order valence-electron chi connectivity index (χ4n) is 1.99. The lowest BCUT2D eigenvalue weighted by atomic mass is 10.1. The van der Waals surface area contributed by atoms with Crippen LogP contribution in [0.3, 0.4) is 0 Å². The number of hydrogen-bond donors (Lipinski definition) is 1. The van der Waals surface area contributed by atoms with E-state index in [9.17, 15) is 14.0 Å². The molecule has 1 N–H and O–H groups in total. The van der Waals surface area contributed by atoms with Crippen molar-refractivity contribution in [1.82, 2.24) is 0 Å².